The van der Waals surface area contributed by atoms with Crippen LogP contribution in [0.1, 0.15) is 18.9 Å². The molecular weight excluding hydrogens is 388 g/mol. The quantitative estimate of drug-likeness (QED) is 0.752. The molecule has 0 aromatic heterocycles. The van der Waals surface area contributed by atoms with Crippen molar-refractivity contribution in [2.75, 3.05) is 23.0 Å². The fourth-order valence-electron chi connectivity index (χ4n) is 2.73. The molecule has 1 N–H and O–H groups in total. The van der Waals surface area contributed by atoms with Gasteiger partial charge in [-0.15, -0.1) is 0 Å². The van der Waals surface area contributed by atoms with E-state index in [1.54, 1.807) is 49.4 Å². The molecule has 8 heteroatoms. The number of amides is 1. The van der Waals surface area contributed by atoms with Crippen LogP contribution in [-0.2, 0) is 14.8 Å². The maximum Gasteiger partial charge on any atom is 0.248 e. The zero-order chi connectivity index (χ0) is 20.2. The molecule has 0 fully saturated rings. The van der Waals surface area contributed by atoms with E-state index in [9.17, 15) is 13.2 Å². The van der Waals surface area contributed by atoms with Gasteiger partial charge < -0.3 is 10.1 Å². The first kappa shape index (κ1) is 21.1. The predicted octanol–water partition coefficient (Wildman–Crippen LogP) is 3.84. The highest BCUT2D eigenvalue weighted by Crippen LogP contribution is 2.26. The fourth-order valence-corrected chi connectivity index (χ4v) is 4.12. The van der Waals surface area contributed by atoms with Gasteiger partial charge in [-0.1, -0.05) is 24.6 Å². The molecule has 2 aromatic carbocycles. The molecule has 27 heavy (non-hydrogen) atoms. The van der Waals surface area contributed by atoms with E-state index in [0.717, 1.165) is 16.1 Å². The van der Waals surface area contributed by atoms with Gasteiger partial charge in [-0.3, -0.25) is 9.10 Å². The van der Waals surface area contributed by atoms with Gasteiger partial charge in [0.15, 0.2) is 0 Å². The van der Waals surface area contributed by atoms with Crippen LogP contribution in [0.15, 0.2) is 42.5 Å². The number of nitrogens with zero attached hydrogens (tertiary/aromatic N) is 1. The second kappa shape index (κ2) is 8.63. The number of halogens is 1. The number of hydrogen-bond donors (Lipinski definition) is 1. The average Bonchev–Trinajstić information content (AvgIpc) is 2.61. The third-order valence-electron chi connectivity index (χ3n) is 4.11. The predicted molar refractivity (Wildman–Crippen MR) is 109 cm³/mol. The molecule has 146 valence electrons. The molecule has 0 aliphatic rings. The van der Waals surface area contributed by atoms with Crippen LogP contribution < -0.4 is 14.4 Å². The van der Waals surface area contributed by atoms with E-state index in [-0.39, 0.29) is 0 Å². The number of rotatable bonds is 7. The first-order valence-electron chi connectivity index (χ1n) is 8.37. The van der Waals surface area contributed by atoms with Gasteiger partial charge in [-0.2, -0.15) is 0 Å². The summed E-state index contributed by atoms with van der Waals surface area (Å²) in [7, 11) is -2.17. The molecule has 0 radical (unpaired) electrons. The van der Waals surface area contributed by atoms with Crippen molar-refractivity contribution < 1.29 is 17.9 Å². The zero-order valence-electron chi connectivity index (χ0n) is 15.7. The Bertz CT molecular complexity index is 914. The van der Waals surface area contributed by atoms with Crippen molar-refractivity contribution in [2.45, 2.75) is 26.3 Å². The minimum absolute atomic E-state index is 0.296. The molecule has 1 atom stereocenters. The van der Waals surface area contributed by atoms with Crippen LogP contribution in [0.2, 0.25) is 5.02 Å². The lowest BCUT2D eigenvalue weighted by Crippen LogP contribution is -2.47. The molecule has 0 spiro atoms. The highest BCUT2D eigenvalue weighted by molar-refractivity contribution is 7.92. The van der Waals surface area contributed by atoms with E-state index in [1.165, 1.54) is 7.11 Å². The maximum atomic E-state index is 12.9. The van der Waals surface area contributed by atoms with E-state index in [4.69, 9.17) is 16.3 Å². The number of methoxy groups -OCH3 is 1. The Hall–Kier alpha value is -2.25. The third kappa shape index (κ3) is 5.14. The molecule has 0 heterocycles. The second-order valence-corrected chi connectivity index (χ2v) is 8.43. The van der Waals surface area contributed by atoms with Crippen LogP contribution in [0.5, 0.6) is 5.75 Å². The smallest absolute Gasteiger partial charge is 0.248 e. The molecule has 0 bridgehead atoms. The topological polar surface area (TPSA) is 75.7 Å². The summed E-state index contributed by atoms with van der Waals surface area (Å²) in [5.74, 6) is 0.170. The third-order valence-corrected chi connectivity index (χ3v) is 5.53. The van der Waals surface area contributed by atoms with Crippen LogP contribution >= 0.6 is 11.6 Å². The average molecular weight is 411 g/mol. The Morgan fingerprint density at radius 3 is 2.37 bits per heavy atom. The normalized spacial score (nSPS) is 12.3. The lowest BCUT2D eigenvalue weighted by Gasteiger charge is -2.30. The zero-order valence-corrected chi connectivity index (χ0v) is 17.3. The summed E-state index contributed by atoms with van der Waals surface area (Å²) in [5.41, 5.74) is 1.77. The van der Waals surface area contributed by atoms with E-state index in [2.05, 4.69) is 5.32 Å². The van der Waals surface area contributed by atoms with Crippen molar-refractivity contribution in [2.24, 2.45) is 0 Å². The Labute approximate surface area is 165 Å². The highest BCUT2D eigenvalue weighted by atomic mass is 35.5. The molecule has 1 unspecified atom stereocenters. The van der Waals surface area contributed by atoms with Gasteiger partial charge in [0.1, 0.15) is 11.8 Å². The number of nitrogens with one attached hydrogen (secondary N) is 1. The number of aryl methyl sites for hydroxylation is 1. The molecule has 1 amide bonds. The SMILES string of the molecule is CCC(C(=O)Nc1cc(Cl)ccc1C)N(c1ccc(OC)cc1)S(C)(=O)=O. The van der Waals surface area contributed by atoms with Gasteiger partial charge >= 0.3 is 0 Å². The Morgan fingerprint density at radius 1 is 1.22 bits per heavy atom. The summed E-state index contributed by atoms with van der Waals surface area (Å²) in [6.07, 6.45) is 1.38. The first-order valence-corrected chi connectivity index (χ1v) is 10.6. The Morgan fingerprint density at radius 2 is 1.85 bits per heavy atom. The van der Waals surface area contributed by atoms with Crippen molar-refractivity contribution in [3.05, 3.63) is 53.1 Å². The van der Waals surface area contributed by atoms with E-state index >= 15 is 0 Å². The van der Waals surface area contributed by atoms with E-state index < -0.39 is 22.0 Å². The van der Waals surface area contributed by atoms with Gasteiger partial charge in [0.05, 0.1) is 19.1 Å². The van der Waals surface area contributed by atoms with Crippen LogP contribution in [-0.4, -0.2) is 33.7 Å². The molecule has 6 nitrogen and oxygen atoms in total. The molecular formula is C19H23ClN2O4S. The van der Waals surface area contributed by atoms with Gasteiger partial charge in [-0.05, 0) is 55.3 Å². The molecule has 0 aliphatic carbocycles. The summed E-state index contributed by atoms with van der Waals surface area (Å²) in [4.78, 5) is 12.9. The van der Waals surface area contributed by atoms with E-state index in [0.29, 0.717) is 28.6 Å². The summed E-state index contributed by atoms with van der Waals surface area (Å²) in [5, 5.41) is 3.28. The molecule has 0 saturated carbocycles. The number of benzene rings is 2. The summed E-state index contributed by atoms with van der Waals surface area (Å²) >= 11 is 6.00. The van der Waals surface area contributed by atoms with Crippen molar-refractivity contribution in [3.8, 4) is 5.75 Å². The van der Waals surface area contributed by atoms with Crippen LogP contribution in [0.3, 0.4) is 0 Å². The van der Waals surface area contributed by atoms with Gasteiger partial charge in [0.25, 0.3) is 0 Å². The number of carbonyl (C=O) groups is 1. The van der Waals surface area contributed by atoms with Crippen molar-refractivity contribution in [1.29, 1.82) is 0 Å². The first-order chi connectivity index (χ1) is 12.7. The summed E-state index contributed by atoms with van der Waals surface area (Å²) in [6, 6.07) is 10.8. The number of sulfonamides is 1. The minimum Gasteiger partial charge on any atom is -0.497 e. The van der Waals surface area contributed by atoms with Crippen molar-refractivity contribution in [3.63, 3.8) is 0 Å². The van der Waals surface area contributed by atoms with Gasteiger partial charge in [0.2, 0.25) is 15.9 Å². The Kier molecular flexibility index (Phi) is 6.73. The lowest BCUT2D eigenvalue weighted by atomic mass is 10.1. The van der Waals surface area contributed by atoms with Crippen LogP contribution in [0.4, 0.5) is 11.4 Å². The molecule has 2 rings (SSSR count). The summed E-state index contributed by atoms with van der Waals surface area (Å²) in [6.45, 7) is 3.60. The standard InChI is InChI=1S/C19H23ClN2O4S/c1-5-18(19(23)21-17-12-14(20)7-6-13(17)2)22(27(4,24)25)15-8-10-16(26-3)11-9-15/h6-12,18H,5H2,1-4H3,(H,21,23). The molecule has 0 aliphatic heterocycles. The second-order valence-electron chi connectivity index (χ2n) is 6.13. The number of ether oxygens (including phenoxy) is 1. The monoisotopic (exact) mass is 410 g/mol. The van der Waals surface area contributed by atoms with Crippen molar-refractivity contribution in [1.82, 2.24) is 0 Å². The Balaban J connectivity index is 2.39. The van der Waals surface area contributed by atoms with E-state index in [1.807, 2.05) is 6.92 Å². The minimum atomic E-state index is -3.70. The van der Waals surface area contributed by atoms with Crippen LogP contribution in [0.25, 0.3) is 0 Å². The van der Waals surface area contributed by atoms with Gasteiger partial charge in [-0.25, -0.2) is 8.42 Å². The van der Waals surface area contributed by atoms with Crippen molar-refractivity contribution >= 4 is 38.9 Å². The molecule has 0 saturated heterocycles. The van der Waals surface area contributed by atoms with Crippen LogP contribution in [0, 0.1) is 6.92 Å². The highest BCUT2D eigenvalue weighted by Gasteiger charge is 2.31. The largest absolute Gasteiger partial charge is 0.497 e. The number of anilines is 2. The number of carbonyl (C=O) groups excluding carboxylic acids is 1. The summed E-state index contributed by atoms with van der Waals surface area (Å²) < 4.78 is 31.2. The number of hydrogen-bond acceptors (Lipinski definition) is 4. The fraction of sp³-hybridized carbons (Fsp3) is 0.316. The molecule has 2 aromatic rings. The van der Waals surface area contributed by atoms with Gasteiger partial charge in [0, 0.05) is 10.7 Å². The lowest BCUT2D eigenvalue weighted by molar-refractivity contribution is -0.117. The maximum absolute atomic E-state index is 12.9.